The fourth-order valence-electron chi connectivity index (χ4n) is 4.31. The van der Waals surface area contributed by atoms with Crippen LogP contribution in [0.5, 0.6) is 5.75 Å². The fourth-order valence-corrected chi connectivity index (χ4v) is 4.31. The van der Waals surface area contributed by atoms with E-state index in [1.165, 1.54) is 10.5 Å². The second-order valence-electron chi connectivity index (χ2n) is 8.31. The van der Waals surface area contributed by atoms with Crippen molar-refractivity contribution in [1.82, 2.24) is 4.90 Å². The van der Waals surface area contributed by atoms with Crippen LogP contribution in [0, 0.1) is 23.7 Å². The maximum atomic E-state index is 12.9. The summed E-state index contributed by atoms with van der Waals surface area (Å²) in [5.41, 5.74) is 0.580. The average Bonchev–Trinajstić information content (AvgIpc) is 2.76. The number of hydrogen-bond acceptors (Lipinski definition) is 3. The first-order valence-electron chi connectivity index (χ1n) is 9.33. The van der Waals surface area contributed by atoms with Crippen LogP contribution in [0.3, 0.4) is 0 Å². The predicted molar refractivity (Wildman–Crippen MR) is 97.2 cm³/mol. The van der Waals surface area contributed by atoms with E-state index in [1.54, 1.807) is 0 Å². The largest absolute Gasteiger partial charge is 0.494 e. The van der Waals surface area contributed by atoms with E-state index in [0.717, 1.165) is 31.4 Å². The van der Waals surface area contributed by atoms with Crippen LogP contribution in [0.15, 0.2) is 24.3 Å². The van der Waals surface area contributed by atoms with E-state index in [-0.39, 0.29) is 23.1 Å². The Labute approximate surface area is 150 Å². The number of amides is 2. The highest BCUT2D eigenvalue weighted by Gasteiger charge is 2.64. The maximum absolute atomic E-state index is 12.9. The molecule has 0 radical (unpaired) electrons. The van der Waals surface area contributed by atoms with Crippen LogP contribution in [0.2, 0.25) is 0 Å². The van der Waals surface area contributed by atoms with Gasteiger partial charge in [-0.05, 0) is 50.2 Å². The molecule has 2 amide bonds. The van der Waals surface area contributed by atoms with Gasteiger partial charge in [-0.25, -0.2) is 0 Å². The average molecular weight is 343 g/mol. The molecule has 2 aliphatic rings. The number of imide groups is 1. The first-order valence-corrected chi connectivity index (χ1v) is 9.33. The number of nitrogens with zero attached hydrogens (tertiary/aromatic N) is 1. The number of benzene rings is 1. The third kappa shape index (κ3) is 2.96. The van der Waals surface area contributed by atoms with Crippen molar-refractivity contribution in [3.63, 3.8) is 0 Å². The number of likely N-dealkylation sites (tertiary alicyclic amines) is 1. The standard InChI is InChI=1S/C21H29NO3/c1-15-7-9-16(10-8-15)25-14-6-5-13-22-18(23)17-11-12-21(4,19(22)24)20(17,2)3/h7-10,17H,5-6,11-14H2,1-4H3. The summed E-state index contributed by atoms with van der Waals surface area (Å²) < 4.78 is 5.72. The number of piperidine rings is 1. The minimum atomic E-state index is -0.399. The third-order valence-electron chi connectivity index (χ3n) is 6.57. The molecule has 2 unspecified atom stereocenters. The molecule has 3 rings (SSSR count). The van der Waals surface area contributed by atoms with Crippen LogP contribution in [-0.4, -0.2) is 29.9 Å². The van der Waals surface area contributed by atoms with Gasteiger partial charge in [0.15, 0.2) is 0 Å². The minimum absolute atomic E-state index is 0.0148. The van der Waals surface area contributed by atoms with Gasteiger partial charge in [0.05, 0.1) is 12.0 Å². The van der Waals surface area contributed by atoms with Crippen LogP contribution in [0.1, 0.15) is 52.0 Å². The highest BCUT2D eigenvalue weighted by atomic mass is 16.5. The Morgan fingerprint density at radius 2 is 1.80 bits per heavy atom. The van der Waals surface area contributed by atoms with E-state index >= 15 is 0 Å². The monoisotopic (exact) mass is 343 g/mol. The normalized spacial score (nSPS) is 27.7. The summed E-state index contributed by atoms with van der Waals surface area (Å²) in [7, 11) is 0. The van der Waals surface area contributed by atoms with Gasteiger partial charge in [0.25, 0.3) is 0 Å². The molecule has 0 spiro atoms. The molecule has 2 atom stereocenters. The lowest BCUT2D eigenvalue weighted by molar-refractivity contribution is -0.167. The topological polar surface area (TPSA) is 46.6 Å². The van der Waals surface area contributed by atoms with Crippen molar-refractivity contribution >= 4 is 11.8 Å². The number of unbranched alkanes of at least 4 members (excludes halogenated alkanes) is 1. The Morgan fingerprint density at radius 1 is 1.12 bits per heavy atom. The zero-order chi connectivity index (χ0) is 18.2. The summed E-state index contributed by atoms with van der Waals surface area (Å²) in [5, 5.41) is 0. The van der Waals surface area contributed by atoms with Gasteiger partial charge in [0.2, 0.25) is 11.8 Å². The van der Waals surface area contributed by atoms with E-state index in [9.17, 15) is 9.59 Å². The van der Waals surface area contributed by atoms with Gasteiger partial charge in [-0.15, -0.1) is 0 Å². The summed E-state index contributed by atoms with van der Waals surface area (Å²) in [4.78, 5) is 27.2. The molecular formula is C21H29NO3. The molecule has 4 heteroatoms. The molecule has 1 saturated carbocycles. The van der Waals surface area contributed by atoms with Crippen molar-refractivity contribution in [2.24, 2.45) is 16.7 Å². The summed E-state index contributed by atoms with van der Waals surface area (Å²) in [6, 6.07) is 7.98. The van der Waals surface area contributed by atoms with E-state index in [0.29, 0.717) is 13.2 Å². The van der Waals surface area contributed by atoms with Crippen molar-refractivity contribution in [1.29, 1.82) is 0 Å². The van der Waals surface area contributed by atoms with Crippen LogP contribution in [0.4, 0.5) is 0 Å². The molecule has 1 saturated heterocycles. The first kappa shape index (κ1) is 18.0. The molecule has 0 N–H and O–H groups in total. The van der Waals surface area contributed by atoms with Gasteiger partial charge >= 0.3 is 0 Å². The zero-order valence-corrected chi connectivity index (χ0v) is 15.8. The maximum Gasteiger partial charge on any atom is 0.235 e. The molecule has 1 aromatic rings. The van der Waals surface area contributed by atoms with Crippen molar-refractivity contribution in [3.05, 3.63) is 29.8 Å². The quantitative estimate of drug-likeness (QED) is 0.580. The number of hydrogen-bond donors (Lipinski definition) is 0. The molecule has 25 heavy (non-hydrogen) atoms. The molecule has 0 aromatic heterocycles. The summed E-state index contributed by atoms with van der Waals surface area (Å²) in [6.07, 6.45) is 3.27. The van der Waals surface area contributed by atoms with Gasteiger partial charge in [0, 0.05) is 12.5 Å². The van der Waals surface area contributed by atoms with E-state index in [1.807, 2.05) is 38.1 Å². The van der Waals surface area contributed by atoms with Crippen LogP contribution < -0.4 is 4.74 Å². The van der Waals surface area contributed by atoms with E-state index < -0.39 is 5.41 Å². The third-order valence-corrected chi connectivity index (χ3v) is 6.57. The number of aryl methyl sites for hydroxylation is 1. The fraction of sp³-hybridized carbons (Fsp3) is 0.619. The van der Waals surface area contributed by atoms with E-state index in [4.69, 9.17) is 4.74 Å². The minimum Gasteiger partial charge on any atom is -0.494 e. The smallest absolute Gasteiger partial charge is 0.235 e. The molecule has 1 heterocycles. The Kier molecular flexibility index (Phi) is 4.65. The second kappa shape index (κ2) is 6.47. The highest BCUT2D eigenvalue weighted by Crippen LogP contribution is 2.60. The first-order chi connectivity index (χ1) is 11.8. The van der Waals surface area contributed by atoms with Crippen LogP contribution >= 0.6 is 0 Å². The lowest BCUT2D eigenvalue weighted by Crippen LogP contribution is -2.59. The Balaban J connectivity index is 1.51. The van der Waals surface area contributed by atoms with Crippen LogP contribution in [0.25, 0.3) is 0 Å². The predicted octanol–water partition coefficient (Wildman–Crippen LogP) is 3.97. The molecular weight excluding hydrogens is 314 g/mol. The molecule has 4 nitrogen and oxygen atoms in total. The number of ether oxygens (including phenoxy) is 1. The lowest BCUT2D eigenvalue weighted by Gasteiger charge is -2.47. The number of fused-ring (bicyclic) bond motifs is 2. The van der Waals surface area contributed by atoms with Crippen molar-refractivity contribution in [2.45, 2.75) is 53.4 Å². The van der Waals surface area contributed by atoms with Gasteiger partial charge < -0.3 is 4.74 Å². The second-order valence-corrected chi connectivity index (χ2v) is 8.31. The van der Waals surface area contributed by atoms with Gasteiger partial charge in [-0.2, -0.15) is 0 Å². The Hall–Kier alpha value is -1.84. The molecule has 2 bridgehead atoms. The summed E-state index contributed by atoms with van der Waals surface area (Å²) in [5.74, 6) is 0.905. The SMILES string of the molecule is Cc1ccc(OCCCCN2C(=O)C3CCC(C)(C2=O)C3(C)C)cc1. The van der Waals surface area contributed by atoms with Crippen molar-refractivity contribution in [2.75, 3.05) is 13.2 Å². The molecule has 136 valence electrons. The van der Waals surface area contributed by atoms with Crippen molar-refractivity contribution < 1.29 is 14.3 Å². The number of carbonyl (C=O) groups excluding carboxylic acids is 2. The molecule has 1 aliphatic carbocycles. The molecule has 2 fully saturated rings. The van der Waals surface area contributed by atoms with Crippen LogP contribution in [-0.2, 0) is 9.59 Å². The Morgan fingerprint density at radius 3 is 2.48 bits per heavy atom. The van der Waals surface area contributed by atoms with Gasteiger partial charge in [0.1, 0.15) is 5.75 Å². The number of rotatable bonds is 6. The Bertz CT molecular complexity index is 664. The van der Waals surface area contributed by atoms with Gasteiger partial charge in [-0.1, -0.05) is 38.5 Å². The summed E-state index contributed by atoms with van der Waals surface area (Å²) in [6.45, 7) is 9.35. The number of carbonyl (C=O) groups is 2. The molecule has 1 aliphatic heterocycles. The highest BCUT2D eigenvalue weighted by molar-refractivity contribution is 6.03. The zero-order valence-electron chi connectivity index (χ0n) is 15.8. The van der Waals surface area contributed by atoms with E-state index in [2.05, 4.69) is 13.8 Å². The molecule has 1 aromatic carbocycles. The summed E-state index contributed by atoms with van der Waals surface area (Å²) >= 11 is 0. The van der Waals surface area contributed by atoms with Crippen molar-refractivity contribution in [3.8, 4) is 5.75 Å². The lowest BCUT2D eigenvalue weighted by atomic mass is 9.62. The van der Waals surface area contributed by atoms with Gasteiger partial charge in [-0.3, -0.25) is 14.5 Å².